The first-order valence-electron chi connectivity index (χ1n) is 19.5. The second-order valence-corrected chi connectivity index (χ2v) is 15.1. The van der Waals surface area contributed by atoms with Crippen LogP contribution in [0.2, 0.25) is 0 Å². The second kappa shape index (κ2) is 12.3. The predicted molar refractivity (Wildman–Crippen MR) is 233 cm³/mol. The second-order valence-electron chi connectivity index (χ2n) is 15.1. The van der Waals surface area contributed by atoms with E-state index in [1.54, 1.807) is 0 Å². The molecule has 2 heterocycles. The molecule has 0 saturated heterocycles. The lowest BCUT2D eigenvalue weighted by molar-refractivity contribution is 0.794. The van der Waals surface area contributed by atoms with Crippen LogP contribution in [-0.2, 0) is 5.41 Å². The maximum atomic E-state index is 5.54. The van der Waals surface area contributed by atoms with Gasteiger partial charge in [-0.15, -0.1) is 0 Å². The number of benzene rings is 8. The van der Waals surface area contributed by atoms with Gasteiger partial charge in [-0.05, 0) is 85.0 Å². The topological polar surface area (TPSA) is 38.7 Å². The molecule has 10 aromatic rings. The van der Waals surface area contributed by atoms with E-state index < -0.39 is 5.41 Å². The summed E-state index contributed by atoms with van der Waals surface area (Å²) in [6.07, 6.45) is 3.85. The summed E-state index contributed by atoms with van der Waals surface area (Å²) in [7, 11) is 0. The minimum Gasteiger partial charge on any atom is -0.255 e. The van der Waals surface area contributed by atoms with Crippen molar-refractivity contribution in [2.24, 2.45) is 0 Å². The molecule has 0 radical (unpaired) electrons. The number of nitrogens with zero attached hydrogens (tertiary/aromatic N) is 3. The molecule has 264 valence electrons. The molecular formula is C54H33N3. The van der Waals surface area contributed by atoms with Crippen LogP contribution in [0.15, 0.2) is 200 Å². The Balaban J connectivity index is 1.14. The molecule has 0 fully saturated rings. The molecule has 0 atom stereocenters. The van der Waals surface area contributed by atoms with E-state index in [2.05, 4.69) is 182 Å². The molecule has 3 nitrogen and oxygen atoms in total. The van der Waals surface area contributed by atoms with E-state index >= 15 is 0 Å². The molecule has 2 aliphatic carbocycles. The molecule has 0 saturated carbocycles. The lowest BCUT2D eigenvalue weighted by Crippen LogP contribution is -2.26. The van der Waals surface area contributed by atoms with E-state index in [1.165, 1.54) is 55.6 Å². The van der Waals surface area contributed by atoms with Gasteiger partial charge < -0.3 is 0 Å². The van der Waals surface area contributed by atoms with Crippen LogP contribution in [0.4, 0.5) is 0 Å². The van der Waals surface area contributed by atoms with Crippen LogP contribution in [0.1, 0.15) is 22.3 Å². The number of fused-ring (bicyclic) bond motifs is 13. The quantitative estimate of drug-likeness (QED) is 0.170. The van der Waals surface area contributed by atoms with Gasteiger partial charge in [-0.25, -0.2) is 9.97 Å². The molecule has 12 rings (SSSR count). The van der Waals surface area contributed by atoms with Crippen molar-refractivity contribution in [3.8, 4) is 67.0 Å². The minimum absolute atomic E-state index is 0.509. The highest BCUT2D eigenvalue weighted by Gasteiger charge is 2.51. The summed E-state index contributed by atoms with van der Waals surface area (Å²) in [5.41, 5.74) is 19.4. The summed E-state index contributed by atoms with van der Waals surface area (Å²) in [6, 6.07) is 68.0. The van der Waals surface area contributed by atoms with Crippen LogP contribution < -0.4 is 0 Å². The van der Waals surface area contributed by atoms with E-state index in [0.717, 1.165) is 49.6 Å². The zero-order valence-corrected chi connectivity index (χ0v) is 30.9. The third kappa shape index (κ3) is 4.51. The smallest absolute Gasteiger partial charge is 0.159 e. The highest BCUT2D eigenvalue weighted by molar-refractivity contribution is 6.19. The first kappa shape index (κ1) is 31.8. The van der Waals surface area contributed by atoms with Crippen molar-refractivity contribution >= 4 is 21.8 Å². The van der Waals surface area contributed by atoms with Gasteiger partial charge in [0.2, 0.25) is 0 Å². The molecule has 3 heteroatoms. The monoisotopic (exact) mass is 723 g/mol. The Labute approximate surface area is 330 Å². The molecule has 57 heavy (non-hydrogen) atoms. The van der Waals surface area contributed by atoms with E-state index in [-0.39, 0.29) is 0 Å². The molecule has 0 N–H and O–H groups in total. The van der Waals surface area contributed by atoms with Crippen molar-refractivity contribution < 1.29 is 0 Å². The highest BCUT2D eigenvalue weighted by Crippen LogP contribution is 2.63. The summed E-state index contributed by atoms with van der Waals surface area (Å²) in [5, 5.41) is 2.02. The van der Waals surface area contributed by atoms with E-state index in [4.69, 9.17) is 15.0 Å². The summed E-state index contributed by atoms with van der Waals surface area (Å²) < 4.78 is 0. The van der Waals surface area contributed by atoms with E-state index in [1.807, 2.05) is 18.5 Å². The largest absolute Gasteiger partial charge is 0.255 e. The maximum absolute atomic E-state index is 5.54. The van der Waals surface area contributed by atoms with Gasteiger partial charge in [-0.1, -0.05) is 170 Å². The van der Waals surface area contributed by atoms with Gasteiger partial charge in [0.1, 0.15) is 0 Å². The number of aromatic nitrogens is 3. The van der Waals surface area contributed by atoms with E-state index in [0.29, 0.717) is 5.82 Å². The SMILES string of the molecule is c1ccc(-c2ccc3c(c2)C2(c4ccccc4-c4ccccc42)c2cc(-c4ncc5c(n4)c(-c4ccccc4)c(-c4ccccc4)c4cccnc45)ccc2-3)cc1. The van der Waals surface area contributed by atoms with Crippen molar-refractivity contribution in [1.82, 2.24) is 15.0 Å². The zero-order chi connectivity index (χ0) is 37.5. The van der Waals surface area contributed by atoms with Crippen LogP contribution in [0.3, 0.4) is 0 Å². The van der Waals surface area contributed by atoms with Crippen molar-refractivity contribution in [3.63, 3.8) is 0 Å². The highest BCUT2D eigenvalue weighted by atomic mass is 14.9. The Hall–Kier alpha value is -7.49. The number of pyridine rings is 1. The van der Waals surface area contributed by atoms with Crippen LogP contribution in [0.25, 0.3) is 88.8 Å². The molecule has 0 amide bonds. The Morgan fingerprint density at radius 3 is 1.51 bits per heavy atom. The third-order valence-electron chi connectivity index (χ3n) is 12.2. The predicted octanol–water partition coefficient (Wildman–Crippen LogP) is 13.2. The number of hydrogen-bond acceptors (Lipinski definition) is 3. The molecule has 0 unspecified atom stereocenters. The maximum Gasteiger partial charge on any atom is 0.159 e. The van der Waals surface area contributed by atoms with Gasteiger partial charge in [-0.3, -0.25) is 4.98 Å². The van der Waals surface area contributed by atoms with Crippen molar-refractivity contribution in [1.29, 1.82) is 0 Å². The van der Waals surface area contributed by atoms with Crippen LogP contribution >= 0.6 is 0 Å². The van der Waals surface area contributed by atoms with Gasteiger partial charge >= 0.3 is 0 Å². The van der Waals surface area contributed by atoms with Gasteiger partial charge in [0.05, 0.1) is 16.4 Å². The molecule has 0 aliphatic heterocycles. The van der Waals surface area contributed by atoms with Crippen molar-refractivity contribution in [2.75, 3.05) is 0 Å². The third-order valence-corrected chi connectivity index (χ3v) is 12.2. The van der Waals surface area contributed by atoms with Crippen LogP contribution in [0, 0.1) is 0 Å². The fourth-order valence-electron chi connectivity index (χ4n) is 9.84. The normalized spacial score (nSPS) is 13.1. The average Bonchev–Trinajstić information content (AvgIpc) is 3.76. The first-order valence-corrected chi connectivity index (χ1v) is 19.5. The lowest BCUT2D eigenvalue weighted by atomic mass is 9.70. The standard InChI is InChI=1S/C54H33N3/c1-4-15-34(16-5-1)37-26-28-41-42-29-27-38(32-48(42)54(47(41)31-37)45-24-12-10-21-39(45)40-22-11-13-25-46(40)54)53-56-33-44-51-43(23-14-30-55-51)49(35-17-6-2-7-18-35)50(52(44)57-53)36-19-8-3-9-20-36/h1-33H. The fraction of sp³-hybridized carbons (Fsp3) is 0.0185. The average molecular weight is 724 g/mol. The van der Waals surface area contributed by atoms with Gasteiger partial charge in [0.25, 0.3) is 0 Å². The molecule has 2 aromatic heterocycles. The molecule has 2 aliphatic rings. The van der Waals surface area contributed by atoms with Gasteiger partial charge in [0.15, 0.2) is 5.82 Å². The molecular weight excluding hydrogens is 691 g/mol. The molecule has 0 bridgehead atoms. The zero-order valence-electron chi connectivity index (χ0n) is 30.9. The number of hydrogen-bond donors (Lipinski definition) is 0. The van der Waals surface area contributed by atoms with Crippen LogP contribution in [-0.4, -0.2) is 15.0 Å². The summed E-state index contributed by atoms with van der Waals surface area (Å²) >= 11 is 0. The Bertz CT molecular complexity index is 3180. The molecule has 8 aromatic carbocycles. The fourth-order valence-corrected chi connectivity index (χ4v) is 9.84. The first-order chi connectivity index (χ1) is 28.3. The minimum atomic E-state index is -0.509. The summed E-state index contributed by atoms with van der Waals surface area (Å²) in [5.74, 6) is 0.687. The van der Waals surface area contributed by atoms with Crippen molar-refractivity contribution in [3.05, 3.63) is 223 Å². The Morgan fingerprint density at radius 2 is 0.860 bits per heavy atom. The Morgan fingerprint density at radius 1 is 0.333 bits per heavy atom. The van der Waals surface area contributed by atoms with E-state index in [9.17, 15) is 0 Å². The van der Waals surface area contributed by atoms with Crippen LogP contribution in [0.5, 0.6) is 0 Å². The Kier molecular flexibility index (Phi) is 6.84. The van der Waals surface area contributed by atoms with Gasteiger partial charge in [-0.2, -0.15) is 0 Å². The lowest BCUT2D eigenvalue weighted by Gasteiger charge is -2.31. The van der Waals surface area contributed by atoms with Gasteiger partial charge in [0, 0.05) is 39.9 Å². The van der Waals surface area contributed by atoms with Crippen molar-refractivity contribution in [2.45, 2.75) is 5.41 Å². The summed E-state index contributed by atoms with van der Waals surface area (Å²) in [4.78, 5) is 15.6. The molecule has 1 spiro atoms. The summed E-state index contributed by atoms with van der Waals surface area (Å²) in [6.45, 7) is 0. The number of rotatable bonds is 4.